The minimum Gasteiger partial charge on any atom is -0.369 e. The Balaban J connectivity index is 1.72. The van der Waals surface area contributed by atoms with Crippen LogP contribution < -0.4 is 5.32 Å². The lowest BCUT2D eigenvalue weighted by atomic mass is 9.85. The number of anilines is 1. The summed E-state index contributed by atoms with van der Waals surface area (Å²) >= 11 is 0. The van der Waals surface area contributed by atoms with Crippen LogP contribution in [0.3, 0.4) is 0 Å². The molecule has 2 heterocycles. The molecule has 0 bridgehead atoms. The number of nitro benzene ring substituents is 1. The first-order valence-corrected chi connectivity index (χ1v) is 8.34. The molecule has 0 unspecified atom stereocenters. The highest BCUT2D eigenvalue weighted by atomic mass is 16.6. The summed E-state index contributed by atoms with van der Waals surface area (Å²) in [7, 11) is 0. The van der Waals surface area contributed by atoms with Crippen molar-refractivity contribution in [1.82, 2.24) is 9.78 Å². The maximum Gasteiger partial charge on any atom is 0.269 e. The molecule has 1 aliphatic carbocycles. The molecule has 1 aliphatic heterocycles. The van der Waals surface area contributed by atoms with Gasteiger partial charge in [-0.1, -0.05) is 19.3 Å². The topological polar surface area (TPSA) is 73.0 Å². The van der Waals surface area contributed by atoms with Crippen molar-refractivity contribution in [3.63, 3.8) is 0 Å². The van der Waals surface area contributed by atoms with E-state index in [9.17, 15) is 10.1 Å². The van der Waals surface area contributed by atoms with Gasteiger partial charge in [0, 0.05) is 30.2 Å². The van der Waals surface area contributed by atoms with Gasteiger partial charge in [0.15, 0.2) is 0 Å². The molecule has 4 rings (SSSR count). The molecule has 0 atom stereocenters. The molecular formula is C17H20N4O2. The first kappa shape index (κ1) is 14.2. The van der Waals surface area contributed by atoms with E-state index in [-0.39, 0.29) is 10.6 Å². The highest BCUT2D eigenvalue weighted by Gasteiger charge is 2.28. The monoisotopic (exact) mass is 312 g/mol. The van der Waals surface area contributed by atoms with E-state index < -0.39 is 0 Å². The largest absolute Gasteiger partial charge is 0.369 e. The molecule has 1 N–H and O–H groups in total. The molecule has 1 aromatic carbocycles. The van der Waals surface area contributed by atoms with Crippen LogP contribution in [-0.4, -0.2) is 21.2 Å². The van der Waals surface area contributed by atoms with Gasteiger partial charge in [-0.3, -0.25) is 10.1 Å². The molecule has 1 aromatic heterocycles. The molecule has 6 heteroatoms. The fourth-order valence-corrected chi connectivity index (χ4v) is 3.81. The van der Waals surface area contributed by atoms with Gasteiger partial charge in [-0.2, -0.15) is 5.10 Å². The Bertz CT molecular complexity index is 730. The summed E-state index contributed by atoms with van der Waals surface area (Å²) in [5.74, 6) is 1.64. The van der Waals surface area contributed by atoms with Crippen LogP contribution in [0, 0.1) is 10.1 Å². The van der Waals surface area contributed by atoms with Crippen molar-refractivity contribution in [3.8, 4) is 5.69 Å². The van der Waals surface area contributed by atoms with Gasteiger partial charge in [-0.25, -0.2) is 4.68 Å². The third-order valence-electron chi connectivity index (χ3n) is 4.98. The van der Waals surface area contributed by atoms with Crippen molar-refractivity contribution in [2.45, 2.75) is 44.4 Å². The van der Waals surface area contributed by atoms with E-state index in [4.69, 9.17) is 5.10 Å². The first-order valence-electron chi connectivity index (χ1n) is 8.34. The number of hydrogen-bond donors (Lipinski definition) is 1. The Morgan fingerprint density at radius 2 is 1.91 bits per heavy atom. The zero-order valence-corrected chi connectivity index (χ0v) is 13.0. The minimum absolute atomic E-state index is 0.109. The molecule has 1 saturated carbocycles. The Morgan fingerprint density at radius 1 is 1.17 bits per heavy atom. The standard InChI is InChI=1S/C17H20N4O2/c22-21(23)14-8-6-13(7-9-14)20-17-15(10-11-18-17)16(19-20)12-4-2-1-3-5-12/h6-9,12,18H,1-5,10-11H2. The van der Waals surface area contributed by atoms with Crippen molar-refractivity contribution in [2.24, 2.45) is 0 Å². The number of non-ortho nitro benzene ring substituents is 1. The summed E-state index contributed by atoms with van der Waals surface area (Å²) in [6.07, 6.45) is 7.39. The average Bonchev–Trinajstić information content (AvgIpc) is 3.18. The lowest BCUT2D eigenvalue weighted by Gasteiger charge is -2.20. The molecule has 0 spiro atoms. The van der Waals surface area contributed by atoms with Crippen molar-refractivity contribution < 1.29 is 4.92 Å². The van der Waals surface area contributed by atoms with Crippen LogP contribution in [0.2, 0.25) is 0 Å². The lowest BCUT2D eigenvalue weighted by Crippen LogP contribution is -2.09. The Labute approximate surface area is 134 Å². The van der Waals surface area contributed by atoms with E-state index >= 15 is 0 Å². The smallest absolute Gasteiger partial charge is 0.269 e. The summed E-state index contributed by atoms with van der Waals surface area (Å²) in [5.41, 5.74) is 3.57. The Kier molecular flexibility index (Phi) is 3.52. The third kappa shape index (κ3) is 2.48. The first-order chi connectivity index (χ1) is 11.2. The maximum atomic E-state index is 10.8. The maximum absolute atomic E-state index is 10.8. The summed E-state index contributed by atoms with van der Waals surface area (Å²) in [6.45, 7) is 0.944. The van der Waals surface area contributed by atoms with Gasteiger partial charge in [0.2, 0.25) is 0 Å². The number of nitro groups is 1. The van der Waals surface area contributed by atoms with Crippen molar-refractivity contribution in [1.29, 1.82) is 0 Å². The zero-order chi connectivity index (χ0) is 15.8. The van der Waals surface area contributed by atoms with Gasteiger partial charge < -0.3 is 5.32 Å². The molecule has 0 radical (unpaired) electrons. The summed E-state index contributed by atoms with van der Waals surface area (Å²) in [5, 5.41) is 19.1. The van der Waals surface area contributed by atoms with Crippen LogP contribution in [0.1, 0.15) is 49.3 Å². The second kappa shape index (κ2) is 5.68. The SMILES string of the molecule is O=[N+]([O-])c1ccc(-n2nc(C3CCCCC3)c3c2NCC3)cc1. The van der Waals surface area contributed by atoms with Crippen molar-refractivity contribution in [2.75, 3.05) is 11.9 Å². The third-order valence-corrected chi connectivity index (χ3v) is 4.98. The van der Waals surface area contributed by atoms with E-state index in [2.05, 4.69) is 5.32 Å². The fourth-order valence-electron chi connectivity index (χ4n) is 3.81. The normalized spacial score (nSPS) is 17.7. The lowest BCUT2D eigenvalue weighted by molar-refractivity contribution is -0.384. The van der Waals surface area contributed by atoms with E-state index in [0.29, 0.717) is 5.92 Å². The number of benzene rings is 1. The van der Waals surface area contributed by atoms with E-state index in [1.54, 1.807) is 24.3 Å². The van der Waals surface area contributed by atoms with E-state index in [1.807, 2.05) is 4.68 Å². The number of hydrogen-bond acceptors (Lipinski definition) is 4. The van der Waals surface area contributed by atoms with E-state index in [0.717, 1.165) is 24.5 Å². The molecule has 0 amide bonds. The number of rotatable bonds is 3. The second-order valence-electron chi connectivity index (χ2n) is 6.41. The molecule has 23 heavy (non-hydrogen) atoms. The van der Waals surface area contributed by atoms with Gasteiger partial charge in [0.05, 0.1) is 16.3 Å². The highest BCUT2D eigenvalue weighted by molar-refractivity contribution is 5.58. The summed E-state index contributed by atoms with van der Waals surface area (Å²) < 4.78 is 1.93. The van der Waals surface area contributed by atoms with Gasteiger partial charge in [-0.05, 0) is 31.4 Å². The van der Waals surface area contributed by atoms with Crippen LogP contribution in [0.25, 0.3) is 5.69 Å². The van der Waals surface area contributed by atoms with Gasteiger partial charge in [0.1, 0.15) is 5.82 Å². The average molecular weight is 312 g/mol. The quantitative estimate of drug-likeness (QED) is 0.691. The highest BCUT2D eigenvalue weighted by Crippen LogP contribution is 2.39. The Morgan fingerprint density at radius 3 is 2.61 bits per heavy atom. The number of nitrogens with zero attached hydrogens (tertiary/aromatic N) is 3. The number of fused-ring (bicyclic) bond motifs is 1. The molecule has 0 saturated heterocycles. The fraction of sp³-hybridized carbons (Fsp3) is 0.471. The van der Waals surface area contributed by atoms with Gasteiger partial charge >= 0.3 is 0 Å². The Hall–Kier alpha value is -2.37. The molecule has 2 aliphatic rings. The minimum atomic E-state index is -0.372. The van der Waals surface area contributed by atoms with Gasteiger partial charge in [-0.15, -0.1) is 0 Å². The van der Waals surface area contributed by atoms with Crippen molar-refractivity contribution in [3.05, 3.63) is 45.6 Å². The predicted octanol–water partition coefficient (Wildman–Crippen LogP) is 3.80. The number of aromatic nitrogens is 2. The predicted molar refractivity (Wildman–Crippen MR) is 88.2 cm³/mol. The van der Waals surface area contributed by atoms with E-state index in [1.165, 1.54) is 43.4 Å². The summed E-state index contributed by atoms with van der Waals surface area (Å²) in [6, 6.07) is 6.63. The van der Waals surface area contributed by atoms with Crippen LogP contribution in [0.5, 0.6) is 0 Å². The molecular weight excluding hydrogens is 292 g/mol. The second-order valence-corrected chi connectivity index (χ2v) is 6.41. The molecule has 1 fully saturated rings. The molecule has 6 nitrogen and oxygen atoms in total. The van der Waals surface area contributed by atoms with Crippen LogP contribution >= 0.6 is 0 Å². The summed E-state index contributed by atoms with van der Waals surface area (Å²) in [4.78, 5) is 10.4. The van der Waals surface area contributed by atoms with Crippen molar-refractivity contribution >= 4 is 11.5 Å². The van der Waals surface area contributed by atoms with Crippen LogP contribution in [0.15, 0.2) is 24.3 Å². The number of nitrogens with one attached hydrogen (secondary N) is 1. The zero-order valence-electron chi connectivity index (χ0n) is 13.0. The van der Waals surface area contributed by atoms with Crippen LogP contribution in [0.4, 0.5) is 11.5 Å². The van der Waals surface area contributed by atoms with Crippen LogP contribution in [-0.2, 0) is 6.42 Å². The van der Waals surface area contributed by atoms with Gasteiger partial charge in [0.25, 0.3) is 5.69 Å². The molecule has 2 aromatic rings. The molecule has 120 valence electrons.